The van der Waals surface area contributed by atoms with E-state index in [4.69, 9.17) is 4.42 Å². The molecular formula is C16H20N2O2. The topological polar surface area (TPSA) is 54.3 Å². The molecule has 1 atom stereocenters. The van der Waals surface area contributed by atoms with Crippen molar-refractivity contribution in [3.63, 3.8) is 0 Å². The number of anilines is 1. The fourth-order valence-corrected chi connectivity index (χ4v) is 1.93. The molecule has 0 aliphatic heterocycles. The van der Waals surface area contributed by atoms with Gasteiger partial charge in [-0.25, -0.2) is 0 Å². The summed E-state index contributed by atoms with van der Waals surface area (Å²) in [7, 11) is 0. The van der Waals surface area contributed by atoms with Crippen molar-refractivity contribution in [2.24, 2.45) is 0 Å². The largest absolute Gasteiger partial charge is 0.459 e. The summed E-state index contributed by atoms with van der Waals surface area (Å²) in [6.45, 7) is 5.28. The van der Waals surface area contributed by atoms with Gasteiger partial charge in [-0.05, 0) is 49.7 Å². The Bertz CT molecular complexity index is 532. The maximum Gasteiger partial charge on any atom is 0.291 e. The van der Waals surface area contributed by atoms with Crippen LogP contribution in [0.3, 0.4) is 0 Å². The van der Waals surface area contributed by atoms with E-state index in [1.807, 2.05) is 24.3 Å². The van der Waals surface area contributed by atoms with Gasteiger partial charge in [-0.1, -0.05) is 19.1 Å². The molecule has 2 rings (SSSR count). The van der Waals surface area contributed by atoms with Gasteiger partial charge >= 0.3 is 0 Å². The Labute approximate surface area is 119 Å². The van der Waals surface area contributed by atoms with E-state index in [0.717, 1.165) is 18.7 Å². The van der Waals surface area contributed by atoms with E-state index in [1.165, 1.54) is 11.8 Å². The highest BCUT2D eigenvalue weighted by molar-refractivity contribution is 6.02. The van der Waals surface area contributed by atoms with Crippen LogP contribution in [-0.4, -0.2) is 12.5 Å². The number of hydrogen-bond acceptors (Lipinski definition) is 3. The summed E-state index contributed by atoms with van der Waals surface area (Å²) in [6, 6.07) is 11.5. The van der Waals surface area contributed by atoms with Crippen molar-refractivity contribution in [3.8, 4) is 0 Å². The maximum absolute atomic E-state index is 11.8. The third-order valence-electron chi connectivity index (χ3n) is 3.11. The summed E-state index contributed by atoms with van der Waals surface area (Å²) >= 11 is 0. The van der Waals surface area contributed by atoms with Gasteiger partial charge in [-0.15, -0.1) is 0 Å². The maximum atomic E-state index is 11.8. The highest BCUT2D eigenvalue weighted by Crippen LogP contribution is 2.16. The second-order valence-corrected chi connectivity index (χ2v) is 4.73. The van der Waals surface area contributed by atoms with E-state index in [-0.39, 0.29) is 5.91 Å². The van der Waals surface area contributed by atoms with Gasteiger partial charge in [-0.3, -0.25) is 4.79 Å². The Morgan fingerprint density at radius 2 is 2.00 bits per heavy atom. The molecule has 0 bridgehead atoms. The smallest absolute Gasteiger partial charge is 0.291 e. The minimum absolute atomic E-state index is 0.236. The predicted molar refractivity (Wildman–Crippen MR) is 79.8 cm³/mol. The Kier molecular flexibility index (Phi) is 4.96. The van der Waals surface area contributed by atoms with Crippen LogP contribution in [0.1, 0.15) is 42.4 Å². The van der Waals surface area contributed by atoms with Gasteiger partial charge in [0.25, 0.3) is 5.91 Å². The monoisotopic (exact) mass is 272 g/mol. The van der Waals surface area contributed by atoms with Crippen molar-refractivity contribution in [2.45, 2.75) is 26.3 Å². The number of carbonyl (C=O) groups is 1. The predicted octanol–water partition coefficient (Wildman–Crippen LogP) is 3.59. The van der Waals surface area contributed by atoms with Gasteiger partial charge < -0.3 is 15.1 Å². The lowest BCUT2D eigenvalue weighted by atomic mass is 10.1. The SMILES string of the molecule is CCCNC(C)c1ccc(NC(=O)c2ccco2)cc1. The van der Waals surface area contributed by atoms with E-state index in [2.05, 4.69) is 24.5 Å². The lowest BCUT2D eigenvalue weighted by Crippen LogP contribution is -2.19. The molecule has 0 aliphatic rings. The Hall–Kier alpha value is -2.07. The van der Waals surface area contributed by atoms with Crippen LogP contribution in [0.25, 0.3) is 0 Å². The summed E-state index contributed by atoms with van der Waals surface area (Å²) in [5, 5.41) is 6.23. The molecule has 0 aliphatic carbocycles. The molecule has 1 amide bonds. The van der Waals surface area contributed by atoms with E-state index >= 15 is 0 Å². The van der Waals surface area contributed by atoms with E-state index in [0.29, 0.717) is 11.8 Å². The van der Waals surface area contributed by atoms with Crippen LogP contribution in [-0.2, 0) is 0 Å². The van der Waals surface area contributed by atoms with Gasteiger partial charge in [0.1, 0.15) is 0 Å². The first-order valence-corrected chi connectivity index (χ1v) is 6.89. The molecule has 0 fully saturated rings. The zero-order valence-electron chi connectivity index (χ0n) is 11.8. The molecule has 1 unspecified atom stereocenters. The Balaban J connectivity index is 1.96. The number of carbonyl (C=O) groups excluding carboxylic acids is 1. The van der Waals surface area contributed by atoms with Gasteiger partial charge in [-0.2, -0.15) is 0 Å². The second kappa shape index (κ2) is 6.91. The van der Waals surface area contributed by atoms with Crippen LogP contribution in [0, 0.1) is 0 Å². The third kappa shape index (κ3) is 3.71. The van der Waals surface area contributed by atoms with Gasteiger partial charge in [0.2, 0.25) is 0 Å². The first-order valence-electron chi connectivity index (χ1n) is 6.89. The van der Waals surface area contributed by atoms with Crippen molar-refractivity contribution in [2.75, 3.05) is 11.9 Å². The third-order valence-corrected chi connectivity index (χ3v) is 3.11. The molecule has 0 radical (unpaired) electrons. The Morgan fingerprint density at radius 1 is 1.25 bits per heavy atom. The van der Waals surface area contributed by atoms with E-state index in [1.54, 1.807) is 12.1 Å². The number of amides is 1. The van der Waals surface area contributed by atoms with Gasteiger partial charge in [0.05, 0.1) is 6.26 Å². The number of rotatable bonds is 6. The van der Waals surface area contributed by atoms with Crippen LogP contribution in [0.2, 0.25) is 0 Å². The average molecular weight is 272 g/mol. The molecule has 2 aromatic rings. The number of furan rings is 1. The zero-order valence-corrected chi connectivity index (χ0v) is 11.8. The highest BCUT2D eigenvalue weighted by Gasteiger charge is 2.09. The molecule has 2 N–H and O–H groups in total. The number of hydrogen-bond donors (Lipinski definition) is 2. The summed E-state index contributed by atoms with van der Waals surface area (Å²) in [6.07, 6.45) is 2.60. The molecule has 20 heavy (non-hydrogen) atoms. The molecule has 1 aromatic carbocycles. The fourth-order valence-electron chi connectivity index (χ4n) is 1.93. The molecule has 0 saturated carbocycles. The molecule has 106 valence electrons. The van der Waals surface area contributed by atoms with E-state index in [9.17, 15) is 4.79 Å². The molecule has 0 saturated heterocycles. The Morgan fingerprint density at radius 3 is 2.60 bits per heavy atom. The van der Waals surface area contributed by atoms with Crippen molar-refractivity contribution >= 4 is 11.6 Å². The molecule has 4 heteroatoms. The first-order chi connectivity index (χ1) is 9.70. The molecule has 1 heterocycles. The summed E-state index contributed by atoms with van der Waals surface area (Å²) in [5.41, 5.74) is 1.97. The highest BCUT2D eigenvalue weighted by atomic mass is 16.3. The normalized spacial score (nSPS) is 12.1. The summed E-state index contributed by atoms with van der Waals surface area (Å²) in [5.74, 6) is 0.0759. The average Bonchev–Trinajstić information content (AvgIpc) is 3.00. The van der Waals surface area contributed by atoms with Crippen molar-refractivity contribution in [3.05, 3.63) is 54.0 Å². The zero-order chi connectivity index (χ0) is 14.4. The molecule has 1 aromatic heterocycles. The minimum Gasteiger partial charge on any atom is -0.459 e. The number of benzene rings is 1. The standard InChI is InChI=1S/C16H20N2O2/c1-3-10-17-12(2)13-6-8-14(9-7-13)18-16(19)15-5-4-11-20-15/h4-9,11-12,17H,3,10H2,1-2H3,(H,18,19). The first kappa shape index (κ1) is 14.3. The van der Waals surface area contributed by atoms with Crippen LogP contribution in [0.15, 0.2) is 47.1 Å². The lowest BCUT2D eigenvalue weighted by molar-refractivity contribution is 0.0996. The fraction of sp³-hybridized carbons (Fsp3) is 0.312. The van der Waals surface area contributed by atoms with Gasteiger partial charge in [0, 0.05) is 11.7 Å². The van der Waals surface area contributed by atoms with Gasteiger partial charge in [0.15, 0.2) is 5.76 Å². The van der Waals surface area contributed by atoms with E-state index < -0.39 is 0 Å². The summed E-state index contributed by atoms with van der Waals surface area (Å²) in [4.78, 5) is 11.8. The van der Waals surface area contributed by atoms with Crippen LogP contribution in [0.5, 0.6) is 0 Å². The minimum atomic E-state index is -0.236. The van der Waals surface area contributed by atoms with Crippen molar-refractivity contribution in [1.82, 2.24) is 5.32 Å². The number of nitrogens with one attached hydrogen (secondary N) is 2. The molecule has 0 spiro atoms. The van der Waals surface area contributed by atoms with Crippen LogP contribution >= 0.6 is 0 Å². The second-order valence-electron chi connectivity index (χ2n) is 4.73. The molecule has 4 nitrogen and oxygen atoms in total. The molecular weight excluding hydrogens is 252 g/mol. The van der Waals surface area contributed by atoms with Crippen LogP contribution in [0.4, 0.5) is 5.69 Å². The van der Waals surface area contributed by atoms with Crippen molar-refractivity contribution in [1.29, 1.82) is 0 Å². The summed E-state index contributed by atoms with van der Waals surface area (Å²) < 4.78 is 5.05. The van der Waals surface area contributed by atoms with Crippen LogP contribution < -0.4 is 10.6 Å². The van der Waals surface area contributed by atoms with Crippen molar-refractivity contribution < 1.29 is 9.21 Å². The lowest BCUT2D eigenvalue weighted by Gasteiger charge is -2.14. The quantitative estimate of drug-likeness (QED) is 0.845.